The van der Waals surface area contributed by atoms with Crippen molar-refractivity contribution in [2.24, 2.45) is 0 Å². The second kappa shape index (κ2) is 6.32. The van der Waals surface area contributed by atoms with E-state index < -0.39 is 0 Å². The average Bonchev–Trinajstić information content (AvgIpc) is 3.41. The second-order valence-electron chi connectivity index (χ2n) is 5.90. The number of carbonyl (C=O) groups excluding carboxylic acids is 1. The van der Waals surface area contributed by atoms with Crippen molar-refractivity contribution in [1.29, 1.82) is 0 Å². The zero-order valence-corrected chi connectivity index (χ0v) is 13.5. The Hall–Kier alpha value is -2.49. The molecule has 1 N–H and O–H groups in total. The first-order valence-corrected chi connectivity index (χ1v) is 7.74. The monoisotopic (exact) mass is 311 g/mol. The van der Waals surface area contributed by atoms with E-state index in [0.29, 0.717) is 23.6 Å². The van der Waals surface area contributed by atoms with Crippen molar-refractivity contribution in [2.45, 2.75) is 18.3 Å². The molecular formula is C19H21NO3. The molecule has 0 heterocycles. The van der Waals surface area contributed by atoms with E-state index in [1.807, 2.05) is 18.2 Å². The highest BCUT2D eigenvalue weighted by Crippen LogP contribution is 2.47. The van der Waals surface area contributed by atoms with Gasteiger partial charge in [0.05, 0.1) is 19.8 Å². The van der Waals surface area contributed by atoms with Gasteiger partial charge >= 0.3 is 0 Å². The van der Waals surface area contributed by atoms with Gasteiger partial charge in [-0.05, 0) is 30.5 Å². The lowest BCUT2D eigenvalue weighted by Gasteiger charge is -2.17. The van der Waals surface area contributed by atoms with Gasteiger partial charge in [-0.25, -0.2) is 0 Å². The quantitative estimate of drug-likeness (QED) is 0.891. The summed E-state index contributed by atoms with van der Waals surface area (Å²) in [5.41, 5.74) is 1.91. The highest BCUT2D eigenvalue weighted by molar-refractivity contribution is 5.97. The summed E-state index contributed by atoms with van der Waals surface area (Å²) in [5.74, 6) is 1.07. The van der Waals surface area contributed by atoms with Crippen LogP contribution in [0.2, 0.25) is 0 Å². The first-order chi connectivity index (χ1) is 11.2. The van der Waals surface area contributed by atoms with Gasteiger partial charge in [0.1, 0.15) is 11.5 Å². The zero-order valence-electron chi connectivity index (χ0n) is 13.5. The summed E-state index contributed by atoms with van der Waals surface area (Å²) >= 11 is 0. The van der Waals surface area contributed by atoms with Crippen LogP contribution in [-0.2, 0) is 5.41 Å². The number of hydrogen-bond acceptors (Lipinski definition) is 3. The van der Waals surface area contributed by atoms with Crippen LogP contribution in [0.1, 0.15) is 28.8 Å². The molecule has 0 unspecified atom stereocenters. The molecule has 4 heteroatoms. The van der Waals surface area contributed by atoms with Gasteiger partial charge in [-0.2, -0.15) is 0 Å². The van der Waals surface area contributed by atoms with Crippen LogP contribution < -0.4 is 14.8 Å². The number of nitrogens with one attached hydrogen (secondary N) is 1. The molecule has 2 aromatic rings. The number of ether oxygens (including phenoxy) is 2. The van der Waals surface area contributed by atoms with Gasteiger partial charge in [-0.15, -0.1) is 0 Å². The standard InChI is InChI=1S/C19H21NO3/c1-22-15-8-9-16(17(12-15)23-2)18(21)20-13-19(10-11-19)14-6-4-3-5-7-14/h3-9,12H,10-11,13H2,1-2H3,(H,20,21). The Morgan fingerprint density at radius 2 is 1.83 bits per heavy atom. The lowest BCUT2D eigenvalue weighted by Crippen LogP contribution is -2.32. The zero-order chi connectivity index (χ0) is 16.3. The van der Waals surface area contributed by atoms with Crippen LogP contribution >= 0.6 is 0 Å². The third kappa shape index (κ3) is 3.16. The predicted molar refractivity (Wildman–Crippen MR) is 89.2 cm³/mol. The minimum absolute atomic E-state index is 0.0939. The van der Waals surface area contributed by atoms with Crippen molar-refractivity contribution >= 4 is 5.91 Å². The molecule has 1 amide bonds. The van der Waals surface area contributed by atoms with Gasteiger partial charge < -0.3 is 14.8 Å². The van der Waals surface area contributed by atoms with Gasteiger partial charge in [0.15, 0.2) is 0 Å². The summed E-state index contributed by atoms with van der Waals surface area (Å²) in [7, 11) is 3.14. The molecule has 0 atom stereocenters. The van der Waals surface area contributed by atoms with E-state index in [9.17, 15) is 4.79 Å². The lowest BCUT2D eigenvalue weighted by molar-refractivity contribution is 0.0946. The van der Waals surface area contributed by atoms with E-state index in [2.05, 4.69) is 17.4 Å². The SMILES string of the molecule is COc1ccc(C(=O)NCC2(c3ccccc3)CC2)c(OC)c1. The molecule has 1 fully saturated rings. The molecule has 4 nitrogen and oxygen atoms in total. The molecule has 120 valence electrons. The first-order valence-electron chi connectivity index (χ1n) is 7.74. The Kier molecular flexibility index (Phi) is 4.24. The van der Waals surface area contributed by atoms with E-state index in [4.69, 9.17) is 9.47 Å². The number of carbonyl (C=O) groups is 1. The summed E-state index contributed by atoms with van der Waals surface area (Å²) in [6.07, 6.45) is 2.22. The summed E-state index contributed by atoms with van der Waals surface area (Å²) in [5, 5.41) is 3.05. The highest BCUT2D eigenvalue weighted by Gasteiger charge is 2.44. The summed E-state index contributed by atoms with van der Waals surface area (Å²) in [4.78, 5) is 12.5. The van der Waals surface area contributed by atoms with Crippen molar-refractivity contribution in [3.63, 3.8) is 0 Å². The molecule has 0 aliphatic heterocycles. The largest absolute Gasteiger partial charge is 0.497 e. The smallest absolute Gasteiger partial charge is 0.255 e. The third-order valence-electron chi connectivity index (χ3n) is 4.48. The summed E-state index contributed by atoms with van der Waals surface area (Å²) in [6.45, 7) is 0.644. The molecule has 23 heavy (non-hydrogen) atoms. The van der Waals surface area contributed by atoms with Gasteiger partial charge in [0.25, 0.3) is 5.91 Å². The number of methoxy groups -OCH3 is 2. The fourth-order valence-electron chi connectivity index (χ4n) is 2.84. The van der Waals surface area contributed by atoms with E-state index in [0.717, 1.165) is 12.8 Å². The van der Waals surface area contributed by atoms with Gasteiger partial charge in [-0.1, -0.05) is 30.3 Å². The first kappa shape index (κ1) is 15.4. The average molecular weight is 311 g/mol. The normalized spacial score (nSPS) is 14.9. The van der Waals surface area contributed by atoms with Gasteiger partial charge in [0, 0.05) is 18.0 Å². The minimum atomic E-state index is -0.119. The number of rotatable bonds is 6. The van der Waals surface area contributed by atoms with E-state index in [-0.39, 0.29) is 11.3 Å². The van der Waals surface area contributed by atoms with Gasteiger partial charge in [0.2, 0.25) is 0 Å². The molecule has 0 bridgehead atoms. The summed E-state index contributed by atoms with van der Waals surface area (Å²) in [6, 6.07) is 15.6. The fourth-order valence-corrected chi connectivity index (χ4v) is 2.84. The third-order valence-corrected chi connectivity index (χ3v) is 4.48. The maximum absolute atomic E-state index is 12.5. The topological polar surface area (TPSA) is 47.6 Å². The molecule has 1 saturated carbocycles. The van der Waals surface area contributed by atoms with Crippen LogP contribution in [0.25, 0.3) is 0 Å². The number of benzene rings is 2. The van der Waals surface area contributed by atoms with Crippen molar-refractivity contribution in [3.05, 3.63) is 59.7 Å². The lowest BCUT2D eigenvalue weighted by atomic mass is 9.96. The van der Waals surface area contributed by atoms with Crippen LogP contribution in [0.5, 0.6) is 11.5 Å². The van der Waals surface area contributed by atoms with Gasteiger partial charge in [-0.3, -0.25) is 4.79 Å². The Morgan fingerprint density at radius 1 is 1.09 bits per heavy atom. The minimum Gasteiger partial charge on any atom is -0.497 e. The van der Waals surface area contributed by atoms with Crippen molar-refractivity contribution in [1.82, 2.24) is 5.32 Å². The second-order valence-corrected chi connectivity index (χ2v) is 5.90. The molecule has 1 aliphatic rings. The summed E-state index contributed by atoms with van der Waals surface area (Å²) < 4.78 is 10.5. The molecule has 1 aliphatic carbocycles. The molecule has 3 rings (SSSR count). The molecule has 2 aromatic carbocycles. The Bertz CT molecular complexity index is 693. The van der Waals surface area contributed by atoms with E-state index >= 15 is 0 Å². The van der Waals surface area contributed by atoms with Crippen LogP contribution in [0, 0.1) is 0 Å². The van der Waals surface area contributed by atoms with Crippen LogP contribution in [0.3, 0.4) is 0 Å². The van der Waals surface area contributed by atoms with Crippen LogP contribution in [0.15, 0.2) is 48.5 Å². The molecule has 0 spiro atoms. The number of amides is 1. The predicted octanol–water partition coefficient (Wildman–Crippen LogP) is 3.17. The Balaban J connectivity index is 1.71. The molecular weight excluding hydrogens is 290 g/mol. The molecule has 0 saturated heterocycles. The van der Waals surface area contributed by atoms with Crippen molar-refractivity contribution in [2.75, 3.05) is 20.8 Å². The van der Waals surface area contributed by atoms with Crippen molar-refractivity contribution < 1.29 is 14.3 Å². The molecule has 0 aromatic heterocycles. The maximum atomic E-state index is 12.5. The highest BCUT2D eigenvalue weighted by atomic mass is 16.5. The molecule has 0 radical (unpaired) electrons. The van der Waals surface area contributed by atoms with E-state index in [1.165, 1.54) is 5.56 Å². The van der Waals surface area contributed by atoms with E-state index in [1.54, 1.807) is 32.4 Å². The Morgan fingerprint density at radius 3 is 2.43 bits per heavy atom. The van der Waals surface area contributed by atoms with Crippen LogP contribution in [-0.4, -0.2) is 26.7 Å². The van der Waals surface area contributed by atoms with Crippen molar-refractivity contribution in [3.8, 4) is 11.5 Å². The Labute approximate surface area is 136 Å². The number of hydrogen-bond donors (Lipinski definition) is 1. The maximum Gasteiger partial charge on any atom is 0.255 e. The van der Waals surface area contributed by atoms with Crippen LogP contribution in [0.4, 0.5) is 0 Å². The fraction of sp³-hybridized carbons (Fsp3) is 0.316.